The van der Waals surface area contributed by atoms with E-state index in [0.29, 0.717) is 18.5 Å². The van der Waals surface area contributed by atoms with Crippen LogP contribution in [-0.4, -0.2) is 38.7 Å². The molecular weight excluding hydrogens is 352 g/mol. The highest BCUT2D eigenvalue weighted by molar-refractivity contribution is 5.94. The van der Waals surface area contributed by atoms with Crippen molar-refractivity contribution in [1.29, 1.82) is 0 Å². The van der Waals surface area contributed by atoms with Crippen LogP contribution in [0.15, 0.2) is 59.7 Å². The van der Waals surface area contributed by atoms with E-state index in [1.807, 2.05) is 61.5 Å². The molecule has 0 aliphatic heterocycles. The summed E-state index contributed by atoms with van der Waals surface area (Å²) in [6.45, 7) is 0.608. The monoisotopic (exact) mass is 380 g/mol. The molecule has 6 nitrogen and oxygen atoms in total. The minimum atomic E-state index is -0.102. The van der Waals surface area contributed by atoms with Crippen molar-refractivity contribution >= 4 is 23.7 Å². The van der Waals surface area contributed by atoms with Crippen molar-refractivity contribution in [2.24, 2.45) is 5.10 Å². The van der Waals surface area contributed by atoms with Crippen molar-refractivity contribution in [1.82, 2.24) is 10.7 Å². The van der Waals surface area contributed by atoms with Gasteiger partial charge in [0, 0.05) is 38.3 Å². The molecule has 28 heavy (non-hydrogen) atoms. The number of hydrazone groups is 1. The van der Waals surface area contributed by atoms with E-state index >= 15 is 0 Å². The zero-order chi connectivity index (χ0) is 20.2. The van der Waals surface area contributed by atoms with Gasteiger partial charge in [0.1, 0.15) is 0 Å². The number of unbranched alkanes of at least 4 members (excludes halogenated alkanes) is 2. The summed E-state index contributed by atoms with van der Waals surface area (Å²) in [5.41, 5.74) is 5.26. The number of hydrogen-bond acceptors (Lipinski definition) is 4. The molecule has 0 fully saturated rings. The average Bonchev–Trinajstić information content (AvgIpc) is 2.71. The molecule has 2 N–H and O–H groups in total. The highest BCUT2D eigenvalue weighted by Crippen LogP contribution is 2.10. The summed E-state index contributed by atoms with van der Waals surface area (Å²) in [6.07, 6.45) is 4.53. The highest BCUT2D eigenvalue weighted by atomic mass is 16.2. The second-order valence-electron chi connectivity index (χ2n) is 6.71. The molecule has 0 radical (unpaired) electrons. The lowest BCUT2D eigenvalue weighted by Gasteiger charge is -2.11. The molecule has 0 aliphatic carbocycles. The molecule has 2 rings (SSSR count). The SMILES string of the molecule is CN(C)c1ccc(C=NNC(=O)CCCCCNC(=O)c2ccccc2)cc1. The second-order valence-corrected chi connectivity index (χ2v) is 6.71. The van der Waals surface area contributed by atoms with E-state index in [0.717, 1.165) is 30.5 Å². The number of nitrogens with one attached hydrogen (secondary N) is 2. The normalized spacial score (nSPS) is 10.6. The van der Waals surface area contributed by atoms with Crippen LogP contribution < -0.4 is 15.6 Å². The number of benzene rings is 2. The first-order valence-electron chi connectivity index (χ1n) is 9.49. The van der Waals surface area contributed by atoms with Crippen LogP contribution in [0.3, 0.4) is 0 Å². The lowest BCUT2D eigenvalue weighted by Crippen LogP contribution is -2.24. The van der Waals surface area contributed by atoms with Gasteiger partial charge in [-0.25, -0.2) is 5.43 Å². The minimum Gasteiger partial charge on any atom is -0.378 e. The molecule has 0 saturated heterocycles. The maximum absolute atomic E-state index is 11.9. The van der Waals surface area contributed by atoms with Gasteiger partial charge in [-0.1, -0.05) is 36.8 Å². The van der Waals surface area contributed by atoms with Gasteiger partial charge in [-0.2, -0.15) is 5.10 Å². The molecular formula is C22H28N4O2. The zero-order valence-corrected chi connectivity index (χ0v) is 16.5. The summed E-state index contributed by atoms with van der Waals surface area (Å²) in [7, 11) is 3.97. The fourth-order valence-electron chi connectivity index (χ4n) is 2.57. The molecule has 0 heterocycles. The number of nitrogens with zero attached hydrogens (tertiary/aromatic N) is 2. The Morgan fingerprint density at radius 1 is 0.964 bits per heavy atom. The number of hydrogen-bond donors (Lipinski definition) is 2. The largest absolute Gasteiger partial charge is 0.378 e. The van der Waals surface area contributed by atoms with Crippen molar-refractivity contribution in [3.05, 3.63) is 65.7 Å². The van der Waals surface area contributed by atoms with Crippen LogP contribution in [0.1, 0.15) is 41.6 Å². The van der Waals surface area contributed by atoms with Gasteiger partial charge in [-0.3, -0.25) is 9.59 Å². The maximum atomic E-state index is 11.9. The van der Waals surface area contributed by atoms with Crippen LogP contribution in [0.5, 0.6) is 0 Å². The molecule has 2 aromatic carbocycles. The molecule has 0 unspecified atom stereocenters. The molecule has 0 aliphatic rings. The molecule has 0 atom stereocenters. The van der Waals surface area contributed by atoms with Crippen molar-refractivity contribution in [2.75, 3.05) is 25.5 Å². The van der Waals surface area contributed by atoms with Gasteiger partial charge in [0.2, 0.25) is 5.91 Å². The number of carbonyl (C=O) groups is 2. The van der Waals surface area contributed by atoms with Gasteiger partial charge in [-0.15, -0.1) is 0 Å². The fourth-order valence-corrected chi connectivity index (χ4v) is 2.57. The average molecular weight is 380 g/mol. The molecule has 0 saturated carbocycles. The van der Waals surface area contributed by atoms with E-state index in [1.165, 1.54) is 0 Å². The first kappa shape index (κ1) is 21.2. The van der Waals surface area contributed by atoms with E-state index in [2.05, 4.69) is 15.8 Å². The third-order valence-electron chi connectivity index (χ3n) is 4.21. The van der Waals surface area contributed by atoms with Crippen molar-refractivity contribution in [3.8, 4) is 0 Å². The first-order valence-corrected chi connectivity index (χ1v) is 9.49. The fraction of sp³-hybridized carbons (Fsp3) is 0.318. The third kappa shape index (κ3) is 7.61. The number of rotatable bonds is 10. The summed E-state index contributed by atoms with van der Waals surface area (Å²) in [5, 5.41) is 6.88. The van der Waals surface area contributed by atoms with Crippen LogP contribution in [0.2, 0.25) is 0 Å². The van der Waals surface area contributed by atoms with E-state index < -0.39 is 0 Å². The van der Waals surface area contributed by atoms with Crippen LogP contribution >= 0.6 is 0 Å². The molecule has 0 aromatic heterocycles. The van der Waals surface area contributed by atoms with Gasteiger partial charge >= 0.3 is 0 Å². The summed E-state index contributed by atoms with van der Waals surface area (Å²) >= 11 is 0. The first-order chi connectivity index (χ1) is 13.6. The zero-order valence-electron chi connectivity index (χ0n) is 16.5. The molecule has 2 amide bonds. The van der Waals surface area contributed by atoms with Crippen molar-refractivity contribution in [3.63, 3.8) is 0 Å². The summed E-state index contributed by atoms with van der Waals surface area (Å²) in [6, 6.07) is 17.0. The minimum absolute atomic E-state index is 0.0636. The lowest BCUT2D eigenvalue weighted by molar-refractivity contribution is -0.121. The number of carbonyl (C=O) groups excluding carboxylic acids is 2. The number of amides is 2. The lowest BCUT2D eigenvalue weighted by atomic mass is 10.2. The molecule has 0 spiro atoms. The summed E-state index contributed by atoms with van der Waals surface area (Å²) < 4.78 is 0. The Morgan fingerprint density at radius 2 is 1.68 bits per heavy atom. The Kier molecular flexibility index (Phi) is 8.72. The Balaban J connectivity index is 1.55. The second kappa shape index (κ2) is 11.5. The third-order valence-corrected chi connectivity index (χ3v) is 4.21. The van der Waals surface area contributed by atoms with Crippen LogP contribution in [-0.2, 0) is 4.79 Å². The van der Waals surface area contributed by atoms with E-state index in [-0.39, 0.29) is 11.8 Å². The molecule has 2 aromatic rings. The van der Waals surface area contributed by atoms with Crippen molar-refractivity contribution in [2.45, 2.75) is 25.7 Å². The Hall–Kier alpha value is -3.15. The smallest absolute Gasteiger partial charge is 0.251 e. The summed E-state index contributed by atoms with van der Waals surface area (Å²) in [5.74, 6) is -0.166. The van der Waals surface area contributed by atoms with Gasteiger partial charge in [-0.05, 0) is 42.7 Å². The maximum Gasteiger partial charge on any atom is 0.251 e. The van der Waals surface area contributed by atoms with Crippen LogP contribution in [0, 0.1) is 0 Å². The van der Waals surface area contributed by atoms with Crippen LogP contribution in [0.4, 0.5) is 5.69 Å². The van der Waals surface area contributed by atoms with E-state index in [9.17, 15) is 9.59 Å². The van der Waals surface area contributed by atoms with E-state index in [1.54, 1.807) is 18.3 Å². The molecule has 0 bridgehead atoms. The molecule has 6 heteroatoms. The summed E-state index contributed by atoms with van der Waals surface area (Å²) in [4.78, 5) is 25.7. The molecule has 148 valence electrons. The van der Waals surface area contributed by atoms with Gasteiger partial charge in [0.15, 0.2) is 0 Å². The quantitative estimate of drug-likeness (QED) is 0.378. The topological polar surface area (TPSA) is 73.8 Å². The Morgan fingerprint density at radius 3 is 2.36 bits per heavy atom. The van der Waals surface area contributed by atoms with E-state index in [4.69, 9.17) is 0 Å². The van der Waals surface area contributed by atoms with Gasteiger partial charge in [0.05, 0.1) is 6.21 Å². The Bertz CT molecular complexity index is 771. The van der Waals surface area contributed by atoms with Gasteiger partial charge < -0.3 is 10.2 Å². The standard InChI is InChI=1S/C22H28N4O2/c1-26(2)20-14-12-18(13-15-20)17-24-25-21(27)11-7-4-8-16-23-22(28)19-9-5-3-6-10-19/h3,5-6,9-10,12-15,17H,4,7-8,11,16H2,1-2H3,(H,23,28)(H,25,27). The van der Waals surface area contributed by atoms with Crippen molar-refractivity contribution < 1.29 is 9.59 Å². The number of anilines is 1. The van der Waals surface area contributed by atoms with Gasteiger partial charge in [0.25, 0.3) is 5.91 Å². The van der Waals surface area contributed by atoms with Crippen LogP contribution in [0.25, 0.3) is 0 Å². The predicted molar refractivity (Wildman–Crippen MR) is 114 cm³/mol. The predicted octanol–water partition coefficient (Wildman–Crippen LogP) is 3.19. The Labute approximate surface area is 166 Å². The highest BCUT2D eigenvalue weighted by Gasteiger charge is 2.03.